The third-order valence-corrected chi connectivity index (χ3v) is 5.48. The number of nitrogens with one attached hydrogen (secondary N) is 1. The lowest BCUT2D eigenvalue weighted by molar-refractivity contribution is 0.256. The summed E-state index contributed by atoms with van der Waals surface area (Å²) in [7, 11) is 0. The average Bonchev–Trinajstić information content (AvgIpc) is 3.43. The van der Waals surface area contributed by atoms with E-state index in [9.17, 15) is 4.39 Å². The highest BCUT2D eigenvalue weighted by atomic mass is 19.1. The molecule has 9 heteroatoms. The summed E-state index contributed by atoms with van der Waals surface area (Å²) in [4.78, 5) is 15.6. The number of aromatic nitrogens is 6. The number of rotatable bonds is 6. The summed E-state index contributed by atoms with van der Waals surface area (Å²) in [5.74, 6) is 0.901. The van der Waals surface area contributed by atoms with Gasteiger partial charge in [0.1, 0.15) is 23.0 Å². The van der Waals surface area contributed by atoms with Crippen LogP contribution in [0.1, 0.15) is 12.8 Å². The maximum atomic E-state index is 13.7. The van der Waals surface area contributed by atoms with Crippen LogP contribution >= 0.6 is 0 Å². The SMILES string of the molecule is C=C(Cn1cccn1)N1CCC[C@@H](Nc2ccnc(-c3cnc4ccc(F)cn34)n2)C1. The van der Waals surface area contributed by atoms with Crippen LogP contribution in [0.2, 0.25) is 0 Å². The monoisotopic (exact) mass is 418 g/mol. The number of likely N-dealkylation sites (tertiary alicyclic amines) is 1. The van der Waals surface area contributed by atoms with Gasteiger partial charge in [-0.1, -0.05) is 6.58 Å². The summed E-state index contributed by atoms with van der Waals surface area (Å²) < 4.78 is 17.2. The second kappa shape index (κ2) is 8.17. The molecule has 5 heterocycles. The van der Waals surface area contributed by atoms with Gasteiger partial charge in [0.2, 0.25) is 0 Å². The lowest BCUT2D eigenvalue weighted by Gasteiger charge is -2.36. The van der Waals surface area contributed by atoms with E-state index < -0.39 is 0 Å². The van der Waals surface area contributed by atoms with Gasteiger partial charge in [0.25, 0.3) is 0 Å². The molecule has 1 atom stereocenters. The molecule has 31 heavy (non-hydrogen) atoms. The van der Waals surface area contributed by atoms with Gasteiger partial charge < -0.3 is 10.2 Å². The minimum Gasteiger partial charge on any atom is -0.372 e. The van der Waals surface area contributed by atoms with Crippen LogP contribution in [0, 0.1) is 5.82 Å². The van der Waals surface area contributed by atoms with Crippen LogP contribution in [-0.4, -0.2) is 53.2 Å². The third kappa shape index (κ3) is 4.11. The number of hydrogen-bond acceptors (Lipinski definition) is 6. The van der Waals surface area contributed by atoms with Gasteiger partial charge in [0.05, 0.1) is 12.7 Å². The van der Waals surface area contributed by atoms with E-state index in [0.29, 0.717) is 23.7 Å². The van der Waals surface area contributed by atoms with E-state index in [1.807, 2.05) is 23.0 Å². The van der Waals surface area contributed by atoms with Crippen molar-refractivity contribution >= 4 is 11.5 Å². The molecular weight excluding hydrogens is 395 g/mol. The van der Waals surface area contributed by atoms with Crippen molar-refractivity contribution in [1.29, 1.82) is 0 Å². The molecule has 4 aromatic rings. The van der Waals surface area contributed by atoms with Gasteiger partial charge in [-0.25, -0.2) is 19.3 Å². The fourth-order valence-electron chi connectivity index (χ4n) is 3.95. The molecule has 1 N–H and O–H groups in total. The van der Waals surface area contributed by atoms with Gasteiger partial charge in [-0.05, 0) is 37.1 Å². The van der Waals surface area contributed by atoms with Crippen LogP contribution in [0.4, 0.5) is 10.2 Å². The average molecular weight is 418 g/mol. The number of fused-ring (bicyclic) bond motifs is 1. The Labute approximate surface area is 179 Å². The number of anilines is 1. The molecule has 0 aromatic carbocycles. The zero-order valence-electron chi connectivity index (χ0n) is 17.0. The molecule has 158 valence electrons. The lowest BCUT2D eigenvalue weighted by atomic mass is 10.1. The molecule has 0 spiro atoms. The molecule has 4 aromatic heterocycles. The maximum absolute atomic E-state index is 13.7. The van der Waals surface area contributed by atoms with Crippen LogP contribution < -0.4 is 5.32 Å². The van der Waals surface area contributed by atoms with Crippen LogP contribution in [0.5, 0.6) is 0 Å². The minimum atomic E-state index is -0.335. The van der Waals surface area contributed by atoms with Gasteiger partial charge in [0, 0.05) is 49.6 Å². The molecule has 1 saturated heterocycles. The molecule has 1 aliphatic rings. The van der Waals surface area contributed by atoms with Crippen molar-refractivity contribution in [2.45, 2.75) is 25.4 Å². The van der Waals surface area contributed by atoms with E-state index in [2.05, 4.69) is 36.8 Å². The van der Waals surface area contributed by atoms with Crippen molar-refractivity contribution in [2.24, 2.45) is 0 Å². The van der Waals surface area contributed by atoms with Crippen LogP contribution in [0.15, 0.2) is 67.5 Å². The molecule has 5 rings (SSSR count). The van der Waals surface area contributed by atoms with E-state index in [-0.39, 0.29) is 11.9 Å². The van der Waals surface area contributed by atoms with E-state index >= 15 is 0 Å². The number of piperidine rings is 1. The molecule has 0 radical (unpaired) electrons. The van der Waals surface area contributed by atoms with Crippen molar-refractivity contribution in [1.82, 2.24) is 34.0 Å². The van der Waals surface area contributed by atoms with Crippen molar-refractivity contribution in [3.8, 4) is 11.5 Å². The van der Waals surface area contributed by atoms with Crippen molar-refractivity contribution < 1.29 is 4.39 Å². The van der Waals surface area contributed by atoms with E-state index in [1.165, 1.54) is 12.3 Å². The number of imidazole rings is 1. The number of nitrogens with zero attached hydrogens (tertiary/aromatic N) is 7. The second-order valence-corrected chi connectivity index (χ2v) is 7.68. The van der Waals surface area contributed by atoms with Crippen molar-refractivity contribution in [3.63, 3.8) is 0 Å². The number of pyridine rings is 1. The van der Waals surface area contributed by atoms with E-state index in [0.717, 1.165) is 37.4 Å². The predicted octanol–water partition coefficient (Wildman–Crippen LogP) is 3.22. The van der Waals surface area contributed by atoms with Crippen molar-refractivity contribution in [2.75, 3.05) is 18.4 Å². The molecular formula is C22H23FN8. The van der Waals surface area contributed by atoms with Gasteiger partial charge in [-0.3, -0.25) is 9.08 Å². The van der Waals surface area contributed by atoms with E-state index in [4.69, 9.17) is 0 Å². The maximum Gasteiger partial charge on any atom is 0.180 e. The predicted molar refractivity (Wildman–Crippen MR) is 116 cm³/mol. The first-order valence-corrected chi connectivity index (χ1v) is 10.3. The Hall–Kier alpha value is -3.75. The third-order valence-electron chi connectivity index (χ3n) is 5.48. The van der Waals surface area contributed by atoms with Crippen molar-refractivity contribution in [3.05, 3.63) is 73.3 Å². The van der Waals surface area contributed by atoms with Gasteiger partial charge in [-0.15, -0.1) is 0 Å². The summed E-state index contributed by atoms with van der Waals surface area (Å²) in [5, 5.41) is 7.79. The standard InChI is InChI=1S/C22H23FN8/c1-16(13-30-11-3-8-26-30)29-10-2-4-18(15-29)27-20-7-9-24-22(28-20)19-12-25-21-6-5-17(23)14-31(19)21/h3,5-9,11-12,14,18H,1-2,4,10,13,15H2,(H,24,27,28)/t18-/m1/s1. The number of allylic oxidation sites excluding steroid dienone is 1. The fraction of sp³-hybridized carbons (Fsp3) is 0.273. The Kier molecular flexibility index (Phi) is 5.07. The molecule has 0 unspecified atom stereocenters. The Bertz CT molecular complexity index is 1200. The molecule has 0 aliphatic carbocycles. The van der Waals surface area contributed by atoms with Gasteiger partial charge >= 0.3 is 0 Å². The molecule has 0 amide bonds. The van der Waals surface area contributed by atoms with Crippen LogP contribution in [-0.2, 0) is 6.54 Å². The van der Waals surface area contributed by atoms with Crippen LogP contribution in [0.3, 0.4) is 0 Å². The van der Waals surface area contributed by atoms with Gasteiger partial charge in [0.15, 0.2) is 5.82 Å². The zero-order chi connectivity index (χ0) is 21.2. The summed E-state index contributed by atoms with van der Waals surface area (Å²) in [6.45, 7) is 6.77. The Morgan fingerprint density at radius 3 is 3.03 bits per heavy atom. The number of hydrogen-bond donors (Lipinski definition) is 1. The molecule has 8 nitrogen and oxygen atoms in total. The Morgan fingerprint density at radius 2 is 2.16 bits per heavy atom. The molecule has 1 aliphatic heterocycles. The Balaban J connectivity index is 1.30. The van der Waals surface area contributed by atoms with E-state index in [1.54, 1.807) is 29.1 Å². The first-order chi connectivity index (χ1) is 15.2. The quantitative estimate of drug-likeness (QED) is 0.518. The first kappa shape index (κ1) is 19.2. The largest absolute Gasteiger partial charge is 0.372 e. The fourth-order valence-corrected chi connectivity index (χ4v) is 3.95. The topological polar surface area (TPSA) is 76.2 Å². The van der Waals surface area contributed by atoms with Crippen LogP contribution in [0.25, 0.3) is 17.2 Å². The molecule has 1 fully saturated rings. The molecule has 0 saturated carbocycles. The summed E-state index contributed by atoms with van der Waals surface area (Å²) in [6, 6.07) is 7.03. The highest BCUT2D eigenvalue weighted by molar-refractivity contribution is 5.58. The summed E-state index contributed by atoms with van der Waals surface area (Å²) in [6.07, 6.45) is 10.6. The smallest absolute Gasteiger partial charge is 0.180 e. The summed E-state index contributed by atoms with van der Waals surface area (Å²) in [5.41, 5.74) is 2.35. The zero-order valence-corrected chi connectivity index (χ0v) is 17.0. The minimum absolute atomic E-state index is 0.241. The lowest BCUT2D eigenvalue weighted by Crippen LogP contribution is -2.42. The highest BCUT2D eigenvalue weighted by Crippen LogP contribution is 2.21. The first-order valence-electron chi connectivity index (χ1n) is 10.3. The normalized spacial score (nSPS) is 16.5. The molecule has 0 bridgehead atoms. The highest BCUT2D eigenvalue weighted by Gasteiger charge is 2.21. The van der Waals surface area contributed by atoms with Gasteiger partial charge in [-0.2, -0.15) is 5.10 Å². The number of halogens is 1. The second-order valence-electron chi connectivity index (χ2n) is 7.68. The Morgan fingerprint density at radius 1 is 1.23 bits per heavy atom. The summed E-state index contributed by atoms with van der Waals surface area (Å²) >= 11 is 0.